The molecule has 0 spiro atoms. The van der Waals surface area contributed by atoms with Gasteiger partial charge in [-0.05, 0) is 35.7 Å². The van der Waals surface area contributed by atoms with Crippen LogP contribution < -0.4 is 4.74 Å². The van der Waals surface area contributed by atoms with Crippen LogP contribution in [-0.2, 0) is 20.1 Å². The Morgan fingerprint density at radius 1 is 1.07 bits per heavy atom. The molecule has 0 radical (unpaired) electrons. The molecule has 154 valence electrons. The first kappa shape index (κ1) is 20.0. The lowest BCUT2D eigenvalue weighted by molar-refractivity contribution is 0.0501. The van der Waals surface area contributed by atoms with Crippen molar-refractivity contribution in [1.29, 1.82) is 0 Å². The Labute approximate surface area is 173 Å². The molecule has 0 amide bonds. The molecule has 1 N–H and O–H groups in total. The number of aliphatic hydroxyl groups is 1. The van der Waals surface area contributed by atoms with Crippen LogP contribution in [0.15, 0.2) is 54.7 Å². The fourth-order valence-electron chi connectivity index (χ4n) is 4.53. The van der Waals surface area contributed by atoms with E-state index in [1.807, 2.05) is 12.1 Å². The Balaban J connectivity index is 1.46. The van der Waals surface area contributed by atoms with E-state index in [1.54, 1.807) is 7.11 Å². The zero-order valence-electron chi connectivity index (χ0n) is 17.4. The molecule has 1 aliphatic heterocycles. The predicted molar refractivity (Wildman–Crippen MR) is 117 cm³/mol. The van der Waals surface area contributed by atoms with E-state index < -0.39 is 0 Å². The zero-order chi connectivity index (χ0) is 20.2. The lowest BCUT2D eigenvalue weighted by Gasteiger charge is -2.41. The molecule has 1 aromatic heterocycles. The van der Waals surface area contributed by atoms with Crippen LogP contribution >= 0.6 is 0 Å². The third-order valence-corrected chi connectivity index (χ3v) is 6.04. The summed E-state index contributed by atoms with van der Waals surface area (Å²) in [6.45, 7) is 5.09. The van der Waals surface area contributed by atoms with Gasteiger partial charge in [-0.25, -0.2) is 0 Å². The first-order valence-electron chi connectivity index (χ1n) is 10.4. The molecule has 5 heteroatoms. The Hall–Kier alpha value is -2.34. The molecule has 0 bridgehead atoms. The standard InChI is InChI=1S/C24H31N3O2/c1-25-16-20(23-8-3-4-9-24(23)25)17-26-11-12-27(21(18-26)10-13-28)15-19-6-5-7-22(14-19)29-2/h3-9,14,16,21,28H,10-13,15,17-18H2,1-2H3. The number of para-hydroxylation sites is 1. The van der Waals surface area contributed by atoms with E-state index in [0.29, 0.717) is 6.04 Å². The number of aryl methyl sites for hydroxylation is 1. The van der Waals surface area contributed by atoms with Gasteiger partial charge in [0.25, 0.3) is 0 Å². The summed E-state index contributed by atoms with van der Waals surface area (Å²) in [6, 6.07) is 17.3. The van der Waals surface area contributed by atoms with Crippen molar-refractivity contribution in [2.24, 2.45) is 7.05 Å². The summed E-state index contributed by atoms with van der Waals surface area (Å²) in [7, 11) is 3.83. The van der Waals surface area contributed by atoms with Crippen LogP contribution in [0.3, 0.4) is 0 Å². The molecule has 0 aliphatic carbocycles. The van der Waals surface area contributed by atoms with E-state index in [0.717, 1.165) is 44.9 Å². The van der Waals surface area contributed by atoms with E-state index in [2.05, 4.69) is 64.0 Å². The maximum absolute atomic E-state index is 9.64. The number of aliphatic hydroxyl groups excluding tert-OH is 1. The molecule has 1 aliphatic rings. The minimum absolute atomic E-state index is 0.224. The molecule has 0 saturated carbocycles. The van der Waals surface area contributed by atoms with Crippen molar-refractivity contribution in [2.45, 2.75) is 25.6 Å². The molecule has 2 heterocycles. The Bertz CT molecular complexity index is 952. The summed E-state index contributed by atoms with van der Waals surface area (Å²) >= 11 is 0. The number of benzene rings is 2. The van der Waals surface area contributed by atoms with Gasteiger partial charge in [0.15, 0.2) is 0 Å². The highest BCUT2D eigenvalue weighted by molar-refractivity contribution is 5.83. The van der Waals surface area contributed by atoms with E-state index in [9.17, 15) is 5.11 Å². The summed E-state index contributed by atoms with van der Waals surface area (Å²) in [5.74, 6) is 0.899. The first-order chi connectivity index (χ1) is 14.2. The summed E-state index contributed by atoms with van der Waals surface area (Å²) in [4.78, 5) is 5.04. The molecule has 5 nitrogen and oxygen atoms in total. The Kier molecular flexibility index (Phi) is 6.19. The van der Waals surface area contributed by atoms with Gasteiger partial charge in [-0.3, -0.25) is 9.80 Å². The molecule has 29 heavy (non-hydrogen) atoms. The summed E-state index contributed by atoms with van der Waals surface area (Å²) in [5, 5.41) is 11.0. The van der Waals surface area contributed by atoms with Gasteiger partial charge in [0, 0.05) is 69.5 Å². The second kappa shape index (κ2) is 8.99. The van der Waals surface area contributed by atoms with Gasteiger partial charge in [0.1, 0.15) is 5.75 Å². The van der Waals surface area contributed by atoms with Crippen molar-refractivity contribution < 1.29 is 9.84 Å². The number of hydrogen-bond acceptors (Lipinski definition) is 4. The molecule has 4 rings (SSSR count). The second-order valence-corrected chi connectivity index (χ2v) is 8.01. The van der Waals surface area contributed by atoms with Crippen LogP contribution in [0.1, 0.15) is 17.5 Å². The van der Waals surface area contributed by atoms with Gasteiger partial charge in [-0.2, -0.15) is 0 Å². The number of ether oxygens (including phenoxy) is 1. The number of nitrogens with zero attached hydrogens (tertiary/aromatic N) is 3. The van der Waals surface area contributed by atoms with Gasteiger partial charge in [-0.1, -0.05) is 30.3 Å². The summed E-state index contributed by atoms with van der Waals surface area (Å²) in [5.41, 5.74) is 3.92. The number of aromatic nitrogens is 1. The van der Waals surface area contributed by atoms with E-state index >= 15 is 0 Å². The molecular weight excluding hydrogens is 362 g/mol. The monoisotopic (exact) mass is 393 g/mol. The molecule has 2 aromatic carbocycles. The predicted octanol–water partition coefficient (Wildman–Crippen LogP) is 3.26. The molecule has 1 saturated heterocycles. The zero-order valence-corrected chi connectivity index (χ0v) is 17.4. The van der Waals surface area contributed by atoms with Crippen molar-refractivity contribution in [3.8, 4) is 5.75 Å². The van der Waals surface area contributed by atoms with Gasteiger partial charge in [0.05, 0.1) is 7.11 Å². The smallest absolute Gasteiger partial charge is 0.119 e. The van der Waals surface area contributed by atoms with Crippen LogP contribution in [0.25, 0.3) is 10.9 Å². The maximum Gasteiger partial charge on any atom is 0.119 e. The van der Waals surface area contributed by atoms with E-state index in [4.69, 9.17) is 4.74 Å². The third-order valence-electron chi connectivity index (χ3n) is 6.04. The average molecular weight is 394 g/mol. The lowest BCUT2D eigenvalue weighted by atomic mass is 10.1. The van der Waals surface area contributed by atoms with E-state index in [1.165, 1.54) is 22.0 Å². The fourth-order valence-corrected chi connectivity index (χ4v) is 4.53. The molecule has 1 fully saturated rings. The molecule has 1 unspecified atom stereocenters. The van der Waals surface area contributed by atoms with Crippen molar-refractivity contribution in [2.75, 3.05) is 33.4 Å². The Morgan fingerprint density at radius 2 is 1.93 bits per heavy atom. The topological polar surface area (TPSA) is 40.9 Å². The van der Waals surface area contributed by atoms with Crippen molar-refractivity contribution in [3.63, 3.8) is 0 Å². The van der Waals surface area contributed by atoms with Gasteiger partial charge < -0.3 is 14.4 Å². The first-order valence-corrected chi connectivity index (χ1v) is 10.4. The fraction of sp³-hybridized carbons (Fsp3) is 0.417. The molecule has 3 aromatic rings. The lowest BCUT2D eigenvalue weighted by Crippen LogP contribution is -2.52. The van der Waals surface area contributed by atoms with Crippen molar-refractivity contribution in [3.05, 3.63) is 65.9 Å². The quantitative estimate of drug-likeness (QED) is 0.669. The summed E-state index contributed by atoms with van der Waals surface area (Å²) in [6.07, 6.45) is 3.06. The highest BCUT2D eigenvalue weighted by Gasteiger charge is 2.27. The number of hydrogen-bond donors (Lipinski definition) is 1. The highest BCUT2D eigenvalue weighted by atomic mass is 16.5. The number of rotatable bonds is 7. The molecular formula is C24H31N3O2. The molecule has 1 atom stereocenters. The summed E-state index contributed by atoms with van der Waals surface area (Å²) < 4.78 is 7.59. The Morgan fingerprint density at radius 3 is 2.76 bits per heavy atom. The SMILES string of the molecule is COc1cccc(CN2CCN(Cc3cn(C)c4ccccc34)CC2CCO)c1. The van der Waals surface area contributed by atoms with Crippen molar-refractivity contribution >= 4 is 10.9 Å². The van der Waals surface area contributed by atoms with Crippen LogP contribution in [0.2, 0.25) is 0 Å². The van der Waals surface area contributed by atoms with Crippen LogP contribution in [0.5, 0.6) is 5.75 Å². The van der Waals surface area contributed by atoms with Gasteiger partial charge in [0.2, 0.25) is 0 Å². The number of methoxy groups -OCH3 is 1. The maximum atomic E-state index is 9.64. The second-order valence-electron chi connectivity index (χ2n) is 8.01. The average Bonchev–Trinajstić information content (AvgIpc) is 3.06. The third kappa shape index (κ3) is 4.47. The van der Waals surface area contributed by atoms with Gasteiger partial charge >= 0.3 is 0 Å². The highest BCUT2D eigenvalue weighted by Crippen LogP contribution is 2.24. The number of piperazine rings is 1. The van der Waals surface area contributed by atoms with Crippen molar-refractivity contribution in [1.82, 2.24) is 14.4 Å². The largest absolute Gasteiger partial charge is 0.497 e. The normalized spacial score (nSPS) is 18.4. The van der Waals surface area contributed by atoms with E-state index in [-0.39, 0.29) is 6.61 Å². The van der Waals surface area contributed by atoms with Crippen LogP contribution in [0, 0.1) is 0 Å². The minimum atomic E-state index is 0.224. The van der Waals surface area contributed by atoms with Crippen LogP contribution in [0.4, 0.5) is 0 Å². The minimum Gasteiger partial charge on any atom is -0.497 e. The van der Waals surface area contributed by atoms with Crippen LogP contribution in [-0.4, -0.2) is 58.9 Å². The van der Waals surface area contributed by atoms with Gasteiger partial charge in [-0.15, -0.1) is 0 Å². The number of fused-ring (bicyclic) bond motifs is 1.